The minimum Gasteiger partial charge on any atom is -0.356 e. The Morgan fingerprint density at radius 1 is 1.04 bits per heavy atom. The predicted molar refractivity (Wildman–Crippen MR) is 124 cm³/mol. The number of amides is 1. The van der Waals surface area contributed by atoms with Crippen LogP contribution in [0.25, 0.3) is 0 Å². The molecule has 0 bridgehead atoms. The summed E-state index contributed by atoms with van der Waals surface area (Å²) < 4.78 is 0. The molecule has 0 atom stereocenters. The molecule has 148 valence electrons. The first-order valence-corrected chi connectivity index (χ1v) is 9.57. The van der Waals surface area contributed by atoms with Crippen LogP contribution in [0.1, 0.15) is 32.1 Å². The number of aliphatic imine (C=N–C) groups is 1. The Bertz CT molecular complexity index is 755. The minimum atomic E-state index is -0.0791. The molecule has 1 aromatic carbocycles. The summed E-state index contributed by atoms with van der Waals surface area (Å²) in [6.45, 7) is 8.00. The Morgan fingerprint density at radius 2 is 1.67 bits per heavy atom. The summed E-state index contributed by atoms with van der Waals surface area (Å²) in [6, 6.07) is 6.60. The number of nitrogens with zero attached hydrogens (tertiary/aromatic N) is 2. The van der Waals surface area contributed by atoms with Crippen LogP contribution in [-0.4, -0.2) is 43.5 Å². The van der Waals surface area contributed by atoms with E-state index in [0.29, 0.717) is 18.0 Å². The number of guanidine groups is 1. The van der Waals surface area contributed by atoms with Crippen LogP contribution in [0.15, 0.2) is 28.7 Å². The first-order valence-electron chi connectivity index (χ1n) is 8.69. The molecule has 0 fully saturated rings. The van der Waals surface area contributed by atoms with Crippen molar-refractivity contribution >= 4 is 47.2 Å². The second-order valence-electron chi connectivity index (χ2n) is 6.19. The number of aromatic nitrogens is 1. The van der Waals surface area contributed by atoms with Crippen LogP contribution in [-0.2, 0) is 6.42 Å². The summed E-state index contributed by atoms with van der Waals surface area (Å²) in [4.78, 5) is 21.0. The number of carbonyl (C=O) groups excluding carboxylic acids is 1. The highest BCUT2D eigenvalue weighted by molar-refractivity contribution is 14.0. The second-order valence-corrected chi connectivity index (χ2v) is 7.05. The van der Waals surface area contributed by atoms with Crippen molar-refractivity contribution in [2.24, 2.45) is 4.99 Å². The van der Waals surface area contributed by atoms with E-state index in [-0.39, 0.29) is 29.9 Å². The highest BCUT2D eigenvalue weighted by atomic mass is 127. The Balaban J connectivity index is 0.00000364. The molecule has 0 radical (unpaired) electrons. The van der Waals surface area contributed by atoms with Gasteiger partial charge in [0.05, 0.1) is 11.2 Å². The molecule has 1 aromatic heterocycles. The Morgan fingerprint density at radius 3 is 2.26 bits per heavy atom. The van der Waals surface area contributed by atoms with Crippen LogP contribution in [0, 0.1) is 20.8 Å². The first kappa shape index (κ1) is 23.4. The Hall–Kier alpha value is -1.68. The maximum absolute atomic E-state index is 12.0. The van der Waals surface area contributed by atoms with Gasteiger partial charge >= 0.3 is 0 Å². The average Bonchev–Trinajstić information content (AvgIpc) is 3.02. The topological polar surface area (TPSA) is 78.4 Å². The van der Waals surface area contributed by atoms with Gasteiger partial charge in [-0.25, -0.2) is 4.98 Å². The van der Waals surface area contributed by atoms with E-state index < -0.39 is 0 Å². The molecule has 0 spiro atoms. The summed E-state index contributed by atoms with van der Waals surface area (Å²) in [5, 5.41) is 9.39. The fourth-order valence-electron chi connectivity index (χ4n) is 2.72. The van der Waals surface area contributed by atoms with E-state index in [1.165, 1.54) is 28.0 Å². The number of carbonyl (C=O) groups is 1. The van der Waals surface area contributed by atoms with Crippen molar-refractivity contribution in [3.8, 4) is 0 Å². The lowest BCUT2D eigenvalue weighted by atomic mass is 10.1. The lowest BCUT2D eigenvalue weighted by molar-refractivity contribution is 0.0957. The predicted octanol–water partition coefficient (Wildman–Crippen LogP) is 2.82. The molecule has 0 aliphatic heterocycles. The van der Waals surface area contributed by atoms with Gasteiger partial charge in [-0.3, -0.25) is 9.79 Å². The maximum Gasteiger partial charge on any atom is 0.263 e. The fourth-order valence-corrected chi connectivity index (χ4v) is 3.43. The van der Waals surface area contributed by atoms with Gasteiger partial charge in [0.2, 0.25) is 0 Å². The lowest BCUT2D eigenvalue weighted by Gasteiger charge is -2.12. The summed E-state index contributed by atoms with van der Waals surface area (Å²) in [6.07, 6.45) is 0.935. The first-order chi connectivity index (χ1) is 12.5. The van der Waals surface area contributed by atoms with E-state index >= 15 is 0 Å². The van der Waals surface area contributed by atoms with Gasteiger partial charge in [0.15, 0.2) is 5.96 Å². The molecule has 0 saturated heterocycles. The number of nitrogens with one attached hydrogen (secondary N) is 3. The number of aryl methyl sites for hydroxylation is 3. The molecule has 0 unspecified atom stereocenters. The zero-order chi connectivity index (χ0) is 18.9. The third-order valence-electron chi connectivity index (χ3n) is 3.87. The normalized spacial score (nSPS) is 10.9. The van der Waals surface area contributed by atoms with Crippen LogP contribution in [0.3, 0.4) is 0 Å². The molecule has 0 aliphatic carbocycles. The van der Waals surface area contributed by atoms with Crippen molar-refractivity contribution in [1.82, 2.24) is 20.9 Å². The third kappa shape index (κ3) is 7.84. The smallest absolute Gasteiger partial charge is 0.263 e. The number of benzene rings is 1. The molecule has 3 N–H and O–H groups in total. The zero-order valence-electron chi connectivity index (χ0n) is 16.3. The van der Waals surface area contributed by atoms with E-state index in [4.69, 9.17) is 0 Å². The molecule has 6 nitrogen and oxygen atoms in total. The van der Waals surface area contributed by atoms with Crippen LogP contribution in [0.5, 0.6) is 0 Å². The molecule has 1 amide bonds. The van der Waals surface area contributed by atoms with Crippen molar-refractivity contribution in [1.29, 1.82) is 0 Å². The molecule has 2 rings (SSSR count). The molecule has 0 aliphatic rings. The summed E-state index contributed by atoms with van der Waals surface area (Å²) in [7, 11) is 1.74. The number of thiazole rings is 1. The maximum atomic E-state index is 12.0. The highest BCUT2D eigenvalue weighted by Crippen LogP contribution is 2.11. The monoisotopic (exact) mass is 501 g/mol. The van der Waals surface area contributed by atoms with Crippen molar-refractivity contribution in [3.05, 3.63) is 51.0 Å². The van der Waals surface area contributed by atoms with Crippen molar-refractivity contribution in [3.63, 3.8) is 0 Å². The second kappa shape index (κ2) is 11.9. The molecule has 8 heteroatoms. The van der Waals surface area contributed by atoms with Crippen molar-refractivity contribution < 1.29 is 4.79 Å². The van der Waals surface area contributed by atoms with Crippen molar-refractivity contribution in [2.45, 2.75) is 27.2 Å². The van der Waals surface area contributed by atoms with E-state index in [2.05, 4.69) is 58.0 Å². The van der Waals surface area contributed by atoms with Gasteiger partial charge in [0.1, 0.15) is 4.88 Å². The fraction of sp³-hybridized carbons (Fsp3) is 0.421. The molecule has 27 heavy (non-hydrogen) atoms. The lowest BCUT2D eigenvalue weighted by Crippen LogP contribution is -2.42. The van der Waals surface area contributed by atoms with E-state index in [9.17, 15) is 4.79 Å². The number of halogens is 1. The molecule has 1 heterocycles. The van der Waals surface area contributed by atoms with Gasteiger partial charge in [-0.2, -0.15) is 0 Å². The molecule has 2 aromatic rings. The van der Waals surface area contributed by atoms with Gasteiger partial charge < -0.3 is 16.0 Å². The summed E-state index contributed by atoms with van der Waals surface area (Å²) in [5.41, 5.74) is 6.34. The molecular weight excluding hydrogens is 473 g/mol. The quantitative estimate of drug-likeness (QED) is 0.236. The highest BCUT2D eigenvalue weighted by Gasteiger charge is 2.10. The molecule has 0 saturated carbocycles. The van der Waals surface area contributed by atoms with Gasteiger partial charge in [0, 0.05) is 26.7 Å². The third-order valence-corrected chi connectivity index (χ3v) is 4.79. The van der Waals surface area contributed by atoms with Gasteiger partial charge in [-0.15, -0.1) is 35.3 Å². The number of rotatable bonds is 7. The van der Waals surface area contributed by atoms with Crippen LogP contribution >= 0.6 is 35.3 Å². The Labute approximate surface area is 182 Å². The van der Waals surface area contributed by atoms with Gasteiger partial charge in [0.25, 0.3) is 5.91 Å². The van der Waals surface area contributed by atoms with E-state index in [0.717, 1.165) is 24.6 Å². The van der Waals surface area contributed by atoms with Crippen LogP contribution in [0.2, 0.25) is 0 Å². The van der Waals surface area contributed by atoms with Crippen LogP contribution in [0.4, 0.5) is 0 Å². The van der Waals surface area contributed by atoms with Gasteiger partial charge in [-0.05, 0) is 32.8 Å². The zero-order valence-corrected chi connectivity index (χ0v) is 19.4. The Kier molecular flexibility index (Phi) is 10.3. The largest absolute Gasteiger partial charge is 0.356 e. The SMILES string of the molecule is CN=C(NCCNC(=O)c1scnc1C)NCCc1cc(C)cc(C)c1.I. The van der Waals surface area contributed by atoms with Gasteiger partial charge in [-0.1, -0.05) is 29.3 Å². The number of hydrogen-bond donors (Lipinski definition) is 3. The summed E-state index contributed by atoms with van der Waals surface area (Å²) in [5.74, 6) is 0.655. The standard InChI is InChI=1S/C19H27N5OS.HI/c1-13-9-14(2)11-16(10-13)5-6-22-19(20-4)23-8-7-21-18(25)17-15(3)24-12-26-17;/h9-12H,5-8H2,1-4H3,(H,21,25)(H2,20,22,23);1H. The van der Waals surface area contributed by atoms with E-state index in [1.807, 2.05) is 6.92 Å². The summed E-state index contributed by atoms with van der Waals surface area (Å²) >= 11 is 1.36. The molecular formula is C19H28IN5OS. The average molecular weight is 501 g/mol. The number of hydrogen-bond acceptors (Lipinski definition) is 4. The minimum absolute atomic E-state index is 0. The van der Waals surface area contributed by atoms with Crippen molar-refractivity contribution in [2.75, 3.05) is 26.7 Å². The van der Waals surface area contributed by atoms with E-state index in [1.54, 1.807) is 12.6 Å². The van der Waals surface area contributed by atoms with Crippen LogP contribution < -0.4 is 16.0 Å².